The van der Waals surface area contributed by atoms with E-state index in [0.29, 0.717) is 18.8 Å². The summed E-state index contributed by atoms with van der Waals surface area (Å²) in [7, 11) is 1.91. The van der Waals surface area contributed by atoms with Crippen LogP contribution in [-0.2, 0) is 11.8 Å². The minimum atomic E-state index is -0.0687. The standard InChI is InChI=1S/C18H21BrN2O2/c1-21-16(14-4-2-3-5-15(14)19)8-9-17(21)18(22)20-10-11-23-12-13-6-7-13/h2-5,8-9,13H,6-7,10-12H2,1H3,(H,20,22). The molecule has 1 fully saturated rings. The smallest absolute Gasteiger partial charge is 0.267 e. The molecule has 5 heteroatoms. The van der Waals surface area contributed by atoms with Crippen LogP contribution in [-0.4, -0.2) is 30.2 Å². The first kappa shape index (κ1) is 16.3. The van der Waals surface area contributed by atoms with Gasteiger partial charge in [-0.15, -0.1) is 0 Å². The summed E-state index contributed by atoms with van der Waals surface area (Å²) in [5.74, 6) is 0.686. The highest BCUT2D eigenvalue weighted by Crippen LogP contribution is 2.29. The van der Waals surface area contributed by atoms with Gasteiger partial charge in [0, 0.05) is 35.9 Å². The molecule has 1 aliphatic rings. The van der Waals surface area contributed by atoms with E-state index in [9.17, 15) is 4.79 Å². The zero-order valence-electron chi connectivity index (χ0n) is 13.2. The average Bonchev–Trinajstić information content (AvgIpc) is 3.29. The monoisotopic (exact) mass is 376 g/mol. The number of ether oxygens (including phenoxy) is 1. The van der Waals surface area contributed by atoms with Gasteiger partial charge in [0.1, 0.15) is 5.69 Å². The van der Waals surface area contributed by atoms with Crippen molar-refractivity contribution in [2.45, 2.75) is 12.8 Å². The highest BCUT2D eigenvalue weighted by Gasteiger charge is 2.21. The van der Waals surface area contributed by atoms with Crippen molar-refractivity contribution in [3.05, 3.63) is 46.6 Å². The predicted molar refractivity (Wildman–Crippen MR) is 94.4 cm³/mol. The van der Waals surface area contributed by atoms with Crippen LogP contribution in [0.15, 0.2) is 40.9 Å². The molecule has 1 amide bonds. The fourth-order valence-electron chi connectivity index (χ4n) is 2.54. The number of amides is 1. The highest BCUT2D eigenvalue weighted by molar-refractivity contribution is 9.10. The molecule has 1 aliphatic carbocycles. The Bertz CT molecular complexity index is 692. The second kappa shape index (κ2) is 7.32. The van der Waals surface area contributed by atoms with E-state index >= 15 is 0 Å². The number of aromatic nitrogens is 1. The number of hydrogen-bond donors (Lipinski definition) is 1. The lowest BCUT2D eigenvalue weighted by molar-refractivity contribution is 0.0899. The summed E-state index contributed by atoms with van der Waals surface area (Å²) >= 11 is 3.56. The van der Waals surface area contributed by atoms with Crippen molar-refractivity contribution in [3.8, 4) is 11.3 Å². The van der Waals surface area contributed by atoms with Crippen LogP contribution in [0.25, 0.3) is 11.3 Å². The van der Waals surface area contributed by atoms with E-state index < -0.39 is 0 Å². The number of hydrogen-bond acceptors (Lipinski definition) is 2. The van der Waals surface area contributed by atoms with Crippen LogP contribution in [0.5, 0.6) is 0 Å². The summed E-state index contributed by atoms with van der Waals surface area (Å²) in [5, 5.41) is 2.92. The molecule has 0 radical (unpaired) electrons. The zero-order chi connectivity index (χ0) is 16.2. The number of carbonyl (C=O) groups excluding carboxylic acids is 1. The van der Waals surface area contributed by atoms with Gasteiger partial charge in [0.15, 0.2) is 0 Å². The van der Waals surface area contributed by atoms with Crippen molar-refractivity contribution in [2.75, 3.05) is 19.8 Å². The molecule has 23 heavy (non-hydrogen) atoms. The molecule has 0 unspecified atom stereocenters. The maximum absolute atomic E-state index is 12.3. The molecular formula is C18H21BrN2O2. The molecule has 0 atom stereocenters. The van der Waals surface area contributed by atoms with Crippen LogP contribution in [0.1, 0.15) is 23.3 Å². The Kier molecular flexibility index (Phi) is 5.18. The first-order valence-electron chi connectivity index (χ1n) is 7.93. The van der Waals surface area contributed by atoms with E-state index in [1.165, 1.54) is 12.8 Å². The third-order valence-corrected chi connectivity index (χ3v) is 4.78. The fraction of sp³-hybridized carbons (Fsp3) is 0.389. The van der Waals surface area contributed by atoms with Gasteiger partial charge in [-0.05, 0) is 37.0 Å². The number of halogens is 1. The third kappa shape index (κ3) is 4.03. The second-order valence-electron chi connectivity index (χ2n) is 5.92. The SMILES string of the molecule is Cn1c(C(=O)NCCOCC2CC2)ccc1-c1ccccc1Br. The Balaban J connectivity index is 1.59. The quantitative estimate of drug-likeness (QED) is 0.750. The van der Waals surface area contributed by atoms with Gasteiger partial charge in [-0.1, -0.05) is 34.1 Å². The van der Waals surface area contributed by atoms with Crippen molar-refractivity contribution in [3.63, 3.8) is 0 Å². The molecule has 0 aliphatic heterocycles. The van der Waals surface area contributed by atoms with Crippen molar-refractivity contribution in [1.82, 2.24) is 9.88 Å². The number of carbonyl (C=O) groups is 1. The molecule has 1 aromatic carbocycles. The van der Waals surface area contributed by atoms with Gasteiger partial charge >= 0.3 is 0 Å². The van der Waals surface area contributed by atoms with Crippen molar-refractivity contribution < 1.29 is 9.53 Å². The Morgan fingerprint density at radius 2 is 2.09 bits per heavy atom. The normalized spacial score (nSPS) is 14.0. The minimum absolute atomic E-state index is 0.0687. The van der Waals surface area contributed by atoms with Crippen LogP contribution < -0.4 is 5.32 Å². The minimum Gasteiger partial charge on any atom is -0.379 e. The molecule has 1 heterocycles. The second-order valence-corrected chi connectivity index (χ2v) is 6.77. The van der Waals surface area contributed by atoms with Gasteiger partial charge in [0.05, 0.1) is 6.61 Å². The summed E-state index contributed by atoms with van der Waals surface area (Å²) in [5.41, 5.74) is 2.73. The summed E-state index contributed by atoms with van der Waals surface area (Å²) in [6, 6.07) is 11.8. The summed E-state index contributed by atoms with van der Waals surface area (Å²) in [6.45, 7) is 1.94. The maximum Gasteiger partial charge on any atom is 0.267 e. The number of nitrogens with one attached hydrogen (secondary N) is 1. The van der Waals surface area contributed by atoms with Crippen molar-refractivity contribution in [1.29, 1.82) is 0 Å². The zero-order valence-corrected chi connectivity index (χ0v) is 14.8. The Morgan fingerprint density at radius 3 is 2.83 bits per heavy atom. The van der Waals surface area contributed by atoms with Crippen LogP contribution in [0.2, 0.25) is 0 Å². The number of nitrogens with zero attached hydrogens (tertiary/aromatic N) is 1. The predicted octanol–water partition coefficient (Wildman–Crippen LogP) is 3.61. The first-order chi connectivity index (χ1) is 11.2. The largest absolute Gasteiger partial charge is 0.379 e. The van der Waals surface area contributed by atoms with E-state index in [0.717, 1.165) is 28.3 Å². The molecule has 0 spiro atoms. The lowest BCUT2D eigenvalue weighted by Crippen LogP contribution is -2.29. The maximum atomic E-state index is 12.3. The van der Waals surface area contributed by atoms with Gasteiger partial charge in [0.2, 0.25) is 0 Å². The van der Waals surface area contributed by atoms with Gasteiger partial charge in [-0.3, -0.25) is 4.79 Å². The Hall–Kier alpha value is -1.59. The summed E-state index contributed by atoms with van der Waals surface area (Å²) in [4.78, 5) is 12.3. The van der Waals surface area contributed by atoms with E-state index in [-0.39, 0.29) is 5.91 Å². The molecule has 0 bridgehead atoms. The van der Waals surface area contributed by atoms with Crippen LogP contribution >= 0.6 is 15.9 Å². The Labute approximate surface area is 145 Å². The van der Waals surface area contributed by atoms with Gasteiger partial charge in [0.25, 0.3) is 5.91 Å². The molecule has 1 aromatic heterocycles. The molecule has 122 valence electrons. The molecule has 1 N–H and O–H groups in total. The van der Waals surface area contributed by atoms with Gasteiger partial charge in [-0.25, -0.2) is 0 Å². The molecule has 2 aromatic rings. The molecule has 3 rings (SSSR count). The average molecular weight is 377 g/mol. The number of rotatable bonds is 7. The number of benzene rings is 1. The molecule has 0 saturated heterocycles. The molecular weight excluding hydrogens is 356 g/mol. The topological polar surface area (TPSA) is 43.3 Å². The lowest BCUT2D eigenvalue weighted by atomic mass is 10.1. The summed E-state index contributed by atoms with van der Waals surface area (Å²) in [6.07, 6.45) is 2.57. The van der Waals surface area contributed by atoms with Crippen molar-refractivity contribution >= 4 is 21.8 Å². The van der Waals surface area contributed by atoms with E-state index in [1.807, 2.05) is 48.0 Å². The van der Waals surface area contributed by atoms with Crippen LogP contribution in [0, 0.1) is 5.92 Å². The van der Waals surface area contributed by atoms with Crippen LogP contribution in [0.3, 0.4) is 0 Å². The summed E-state index contributed by atoms with van der Waals surface area (Å²) < 4.78 is 8.47. The van der Waals surface area contributed by atoms with E-state index in [2.05, 4.69) is 21.2 Å². The van der Waals surface area contributed by atoms with Gasteiger partial charge < -0.3 is 14.6 Å². The third-order valence-electron chi connectivity index (χ3n) is 4.09. The van der Waals surface area contributed by atoms with Crippen LogP contribution in [0.4, 0.5) is 0 Å². The lowest BCUT2D eigenvalue weighted by Gasteiger charge is -2.10. The molecule has 1 saturated carbocycles. The Morgan fingerprint density at radius 1 is 1.30 bits per heavy atom. The fourth-order valence-corrected chi connectivity index (χ4v) is 3.03. The van der Waals surface area contributed by atoms with E-state index in [4.69, 9.17) is 4.74 Å². The first-order valence-corrected chi connectivity index (χ1v) is 8.72. The molecule has 4 nitrogen and oxygen atoms in total. The highest BCUT2D eigenvalue weighted by atomic mass is 79.9. The van der Waals surface area contributed by atoms with Crippen molar-refractivity contribution in [2.24, 2.45) is 13.0 Å². The van der Waals surface area contributed by atoms with E-state index in [1.54, 1.807) is 0 Å². The van der Waals surface area contributed by atoms with Gasteiger partial charge in [-0.2, -0.15) is 0 Å².